The van der Waals surface area contributed by atoms with Gasteiger partial charge in [0.1, 0.15) is 0 Å². The van der Waals surface area contributed by atoms with Crippen LogP contribution in [0.15, 0.2) is 29.3 Å². The summed E-state index contributed by atoms with van der Waals surface area (Å²) < 4.78 is 0. The highest BCUT2D eigenvalue weighted by Gasteiger charge is 2.16. The van der Waals surface area contributed by atoms with Gasteiger partial charge in [-0.1, -0.05) is 30.5 Å². The van der Waals surface area contributed by atoms with Crippen molar-refractivity contribution >= 4 is 34.9 Å². The Bertz CT molecular complexity index is 866. The minimum atomic E-state index is 0.296. The van der Waals surface area contributed by atoms with E-state index in [0.717, 1.165) is 35.5 Å². The monoisotopic (exact) mass is 396 g/mol. The Kier molecular flexibility index (Phi) is 6.57. The Morgan fingerprint density at radius 2 is 1.68 bits per heavy atom. The van der Waals surface area contributed by atoms with Crippen LogP contribution in [0.5, 0.6) is 0 Å². The molecule has 1 aromatic heterocycles. The van der Waals surface area contributed by atoms with Gasteiger partial charge in [-0.05, 0) is 70.5 Å². The van der Waals surface area contributed by atoms with Crippen LogP contribution in [0.1, 0.15) is 48.2 Å². The molecule has 2 aromatic rings. The van der Waals surface area contributed by atoms with Gasteiger partial charge in [-0.2, -0.15) is 0 Å². The molecule has 1 saturated carbocycles. The molecule has 1 aromatic carbocycles. The summed E-state index contributed by atoms with van der Waals surface area (Å²) in [5, 5.41) is 10.2. The van der Waals surface area contributed by atoms with E-state index in [9.17, 15) is 0 Å². The van der Waals surface area contributed by atoms with E-state index in [1.54, 1.807) is 0 Å². The topological polar surface area (TPSA) is 74.2 Å². The van der Waals surface area contributed by atoms with Gasteiger partial charge in [0.2, 0.25) is 11.9 Å². The third kappa shape index (κ3) is 5.73. The number of hydrogen-bond donors (Lipinski definition) is 3. The first kappa shape index (κ1) is 20.2. The molecule has 0 saturated heterocycles. The van der Waals surface area contributed by atoms with Gasteiger partial charge in [0.15, 0.2) is 5.11 Å². The summed E-state index contributed by atoms with van der Waals surface area (Å²) in [5.74, 6) is 1.11. The maximum absolute atomic E-state index is 5.53. The number of aromatic nitrogens is 2. The van der Waals surface area contributed by atoms with Gasteiger partial charge in [-0.3, -0.25) is 5.32 Å². The van der Waals surface area contributed by atoms with E-state index in [1.165, 1.54) is 18.4 Å². The number of nitrogens with zero attached hydrogens (tertiary/aromatic N) is 3. The molecule has 0 aliphatic heterocycles. The number of anilines is 2. The van der Waals surface area contributed by atoms with E-state index in [0.29, 0.717) is 23.1 Å². The molecule has 0 atom stereocenters. The second-order valence-corrected chi connectivity index (χ2v) is 7.82. The second-order valence-electron chi connectivity index (χ2n) is 7.41. The van der Waals surface area contributed by atoms with E-state index in [-0.39, 0.29) is 0 Å². The lowest BCUT2D eigenvalue weighted by molar-refractivity contribution is 0.703. The summed E-state index contributed by atoms with van der Waals surface area (Å²) in [6.07, 6.45) is 4.62. The van der Waals surface area contributed by atoms with Crippen molar-refractivity contribution in [2.24, 2.45) is 4.99 Å². The van der Waals surface area contributed by atoms with E-state index >= 15 is 0 Å². The molecule has 7 heteroatoms. The summed E-state index contributed by atoms with van der Waals surface area (Å²) in [6.45, 7) is 8.04. The Balaban J connectivity index is 1.75. The SMILES string of the molecule is Cc1ccc(NC(=S)NC(=NC2CCCC2)Nc2nc(C)cc(C)n2)c(C)c1. The van der Waals surface area contributed by atoms with E-state index < -0.39 is 0 Å². The first-order valence-electron chi connectivity index (χ1n) is 9.71. The van der Waals surface area contributed by atoms with Crippen LogP contribution in [-0.2, 0) is 0 Å². The molecule has 1 aliphatic rings. The molecule has 0 spiro atoms. The zero-order chi connectivity index (χ0) is 20.1. The summed E-state index contributed by atoms with van der Waals surface area (Å²) in [6, 6.07) is 8.46. The Morgan fingerprint density at radius 1 is 1.00 bits per heavy atom. The lowest BCUT2D eigenvalue weighted by Gasteiger charge is -2.17. The lowest BCUT2D eigenvalue weighted by atomic mass is 10.1. The van der Waals surface area contributed by atoms with Gasteiger partial charge >= 0.3 is 0 Å². The molecular weight excluding hydrogens is 368 g/mol. The van der Waals surface area contributed by atoms with Crippen LogP contribution in [0.3, 0.4) is 0 Å². The smallest absolute Gasteiger partial charge is 0.229 e. The molecule has 148 valence electrons. The van der Waals surface area contributed by atoms with Crippen molar-refractivity contribution in [2.45, 2.75) is 59.4 Å². The van der Waals surface area contributed by atoms with Crippen molar-refractivity contribution in [2.75, 3.05) is 10.6 Å². The molecular formula is C21H28N6S. The van der Waals surface area contributed by atoms with E-state index in [2.05, 4.69) is 51.9 Å². The van der Waals surface area contributed by atoms with E-state index in [4.69, 9.17) is 17.2 Å². The van der Waals surface area contributed by atoms with Crippen molar-refractivity contribution < 1.29 is 0 Å². The maximum Gasteiger partial charge on any atom is 0.229 e. The first-order chi connectivity index (χ1) is 13.4. The van der Waals surface area contributed by atoms with Crippen LogP contribution in [0.2, 0.25) is 0 Å². The van der Waals surface area contributed by atoms with Gasteiger partial charge in [0.05, 0.1) is 6.04 Å². The molecule has 0 amide bonds. The normalized spacial score (nSPS) is 14.8. The van der Waals surface area contributed by atoms with Gasteiger partial charge in [-0.15, -0.1) is 0 Å². The van der Waals surface area contributed by atoms with Crippen molar-refractivity contribution in [3.63, 3.8) is 0 Å². The lowest BCUT2D eigenvalue weighted by Crippen LogP contribution is -2.40. The Hall–Kier alpha value is -2.54. The summed E-state index contributed by atoms with van der Waals surface area (Å²) in [4.78, 5) is 13.7. The average Bonchev–Trinajstić information content (AvgIpc) is 3.09. The molecule has 1 fully saturated rings. The Labute approximate surface area is 172 Å². The molecule has 28 heavy (non-hydrogen) atoms. The number of benzene rings is 1. The number of aliphatic imine (C=N–C) groups is 1. The van der Waals surface area contributed by atoms with Crippen molar-refractivity contribution in [1.29, 1.82) is 0 Å². The Morgan fingerprint density at radius 3 is 2.32 bits per heavy atom. The van der Waals surface area contributed by atoms with E-state index in [1.807, 2.05) is 26.0 Å². The first-order valence-corrected chi connectivity index (χ1v) is 10.1. The minimum absolute atomic E-state index is 0.296. The molecule has 1 heterocycles. The highest BCUT2D eigenvalue weighted by molar-refractivity contribution is 7.80. The number of thiocarbonyl (C=S) groups is 1. The average molecular weight is 397 g/mol. The summed E-state index contributed by atoms with van der Waals surface area (Å²) >= 11 is 5.53. The van der Waals surface area contributed by atoms with Crippen LogP contribution in [-0.4, -0.2) is 27.1 Å². The van der Waals surface area contributed by atoms with Crippen molar-refractivity contribution in [1.82, 2.24) is 15.3 Å². The van der Waals surface area contributed by atoms with Crippen molar-refractivity contribution in [3.8, 4) is 0 Å². The fourth-order valence-electron chi connectivity index (χ4n) is 3.41. The molecule has 0 bridgehead atoms. The maximum atomic E-state index is 5.53. The second kappa shape index (κ2) is 9.10. The fourth-order valence-corrected chi connectivity index (χ4v) is 3.62. The number of rotatable bonds is 3. The molecule has 6 nitrogen and oxygen atoms in total. The zero-order valence-corrected chi connectivity index (χ0v) is 17.8. The molecule has 3 N–H and O–H groups in total. The van der Waals surface area contributed by atoms with Crippen molar-refractivity contribution in [3.05, 3.63) is 46.8 Å². The van der Waals surface area contributed by atoms with Crippen LogP contribution < -0.4 is 16.0 Å². The number of nitrogens with one attached hydrogen (secondary N) is 3. The van der Waals surface area contributed by atoms with Crippen LogP contribution in [0.25, 0.3) is 0 Å². The predicted octanol–water partition coefficient (Wildman–Crippen LogP) is 4.41. The summed E-state index contributed by atoms with van der Waals surface area (Å²) in [5.41, 5.74) is 5.16. The van der Waals surface area contributed by atoms with Crippen LogP contribution in [0, 0.1) is 27.7 Å². The number of aryl methyl sites for hydroxylation is 4. The zero-order valence-electron chi connectivity index (χ0n) is 17.0. The minimum Gasteiger partial charge on any atom is -0.332 e. The highest BCUT2D eigenvalue weighted by Crippen LogP contribution is 2.21. The predicted molar refractivity (Wildman–Crippen MR) is 120 cm³/mol. The van der Waals surface area contributed by atoms with Crippen LogP contribution in [0.4, 0.5) is 11.6 Å². The standard InChI is InChI=1S/C21H28N6S/c1-13-9-10-18(14(2)11-13)25-21(28)27-20(24-17-7-5-6-8-17)26-19-22-15(3)12-16(4)23-19/h9-12,17H,5-8H2,1-4H3,(H3,22,23,24,25,26,27,28). The number of hydrogen-bond acceptors (Lipinski definition) is 4. The highest BCUT2D eigenvalue weighted by atomic mass is 32.1. The summed E-state index contributed by atoms with van der Waals surface area (Å²) in [7, 11) is 0. The van der Waals surface area contributed by atoms with Gasteiger partial charge in [0, 0.05) is 17.1 Å². The van der Waals surface area contributed by atoms with Crippen LogP contribution >= 0.6 is 12.2 Å². The molecule has 0 unspecified atom stereocenters. The third-order valence-corrected chi connectivity index (χ3v) is 4.92. The molecule has 3 rings (SSSR count). The quantitative estimate of drug-likeness (QED) is 0.405. The molecule has 0 radical (unpaired) electrons. The van der Waals surface area contributed by atoms with Gasteiger partial charge in [-0.25, -0.2) is 15.0 Å². The molecule has 1 aliphatic carbocycles. The number of guanidine groups is 1. The fraction of sp³-hybridized carbons (Fsp3) is 0.429. The third-order valence-electron chi connectivity index (χ3n) is 4.71. The van der Waals surface area contributed by atoms with Gasteiger partial charge in [0.25, 0.3) is 0 Å². The van der Waals surface area contributed by atoms with Gasteiger partial charge < -0.3 is 10.6 Å². The largest absolute Gasteiger partial charge is 0.332 e.